The highest BCUT2D eigenvalue weighted by molar-refractivity contribution is 9.10. The number of halogens is 4. The van der Waals surface area contributed by atoms with Gasteiger partial charge in [0.15, 0.2) is 5.69 Å². The lowest BCUT2D eigenvalue weighted by molar-refractivity contribution is 0.0593. The van der Waals surface area contributed by atoms with Crippen molar-refractivity contribution in [3.63, 3.8) is 0 Å². The number of anilines is 1. The molecule has 8 heteroatoms. The first kappa shape index (κ1) is 17.3. The lowest BCUT2D eigenvalue weighted by Gasteiger charge is -2.13. The van der Waals surface area contributed by atoms with Crippen molar-refractivity contribution < 1.29 is 9.53 Å². The zero-order valence-corrected chi connectivity index (χ0v) is 15.1. The van der Waals surface area contributed by atoms with Crippen LogP contribution in [0.25, 0.3) is 0 Å². The predicted molar refractivity (Wildman–Crippen MR) is 92.1 cm³/mol. The van der Waals surface area contributed by atoms with Gasteiger partial charge in [-0.05, 0) is 34.1 Å². The number of pyridine rings is 1. The fraction of sp³-hybridized carbons (Fsp3) is 0.143. The standard InChI is InChI=1S/C14H10BrCl3N2O2/c1-22-14(21)13-12(15)10(5-11(18)20-13)19-6-7-8(16)3-2-4-9(7)17/h2-5H,6H2,1H3,(H,19,20). The summed E-state index contributed by atoms with van der Waals surface area (Å²) in [5.41, 5.74) is 1.41. The Bertz CT molecular complexity index is 705. The highest BCUT2D eigenvalue weighted by Gasteiger charge is 2.17. The van der Waals surface area contributed by atoms with E-state index in [0.29, 0.717) is 26.8 Å². The molecule has 22 heavy (non-hydrogen) atoms. The summed E-state index contributed by atoms with van der Waals surface area (Å²) in [5, 5.41) is 4.38. The summed E-state index contributed by atoms with van der Waals surface area (Å²) in [6, 6.07) is 6.85. The Labute approximate surface area is 150 Å². The van der Waals surface area contributed by atoms with Crippen LogP contribution in [-0.4, -0.2) is 18.1 Å². The van der Waals surface area contributed by atoms with Gasteiger partial charge in [-0.25, -0.2) is 9.78 Å². The van der Waals surface area contributed by atoms with E-state index in [9.17, 15) is 4.79 Å². The second-order valence-electron chi connectivity index (χ2n) is 4.20. The molecule has 0 spiro atoms. The smallest absolute Gasteiger partial charge is 0.357 e. The number of benzene rings is 1. The van der Waals surface area contributed by atoms with Crippen molar-refractivity contribution in [1.82, 2.24) is 4.98 Å². The van der Waals surface area contributed by atoms with Crippen molar-refractivity contribution in [2.45, 2.75) is 6.54 Å². The summed E-state index contributed by atoms with van der Waals surface area (Å²) >= 11 is 21.5. The molecular formula is C14H10BrCl3N2O2. The molecule has 2 rings (SSSR count). The average Bonchev–Trinajstić information content (AvgIpc) is 2.48. The van der Waals surface area contributed by atoms with Crippen molar-refractivity contribution >= 4 is 62.4 Å². The van der Waals surface area contributed by atoms with Gasteiger partial charge in [-0.1, -0.05) is 40.9 Å². The minimum absolute atomic E-state index is 0.0859. The maximum atomic E-state index is 11.7. The molecule has 1 aromatic carbocycles. The van der Waals surface area contributed by atoms with E-state index < -0.39 is 5.97 Å². The minimum atomic E-state index is -0.590. The number of hydrogen-bond donors (Lipinski definition) is 1. The van der Waals surface area contributed by atoms with Crippen molar-refractivity contribution in [2.24, 2.45) is 0 Å². The van der Waals surface area contributed by atoms with Gasteiger partial charge in [0.1, 0.15) is 5.15 Å². The quantitative estimate of drug-likeness (QED) is 0.541. The van der Waals surface area contributed by atoms with E-state index >= 15 is 0 Å². The first-order chi connectivity index (χ1) is 10.4. The number of rotatable bonds is 4. The second-order valence-corrected chi connectivity index (χ2v) is 6.20. The number of nitrogens with one attached hydrogen (secondary N) is 1. The molecule has 0 unspecified atom stereocenters. The Morgan fingerprint density at radius 2 is 1.95 bits per heavy atom. The fourth-order valence-corrected chi connectivity index (χ4v) is 2.97. The summed E-state index contributed by atoms with van der Waals surface area (Å²) in [6.45, 7) is 0.359. The van der Waals surface area contributed by atoms with Gasteiger partial charge in [0.2, 0.25) is 0 Å². The number of methoxy groups -OCH3 is 1. The zero-order valence-electron chi connectivity index (χ0n) is 11.3. The van der Waals surface area contributed by atoms with E-state index in [0.717, 1.165) is 5.56 Å². The van der Waals surface area contributed by atoms with Crippen LogP contribution in [0.2, 0.25) is 15.2 Å². The van der Waals surface area contributed by atoms with E-state index in [4.69, 9.17) is 34.8 Å². The third-order valence-electron chi connectivity index (χ3n) is 2.82. The van der Waals surface area contributed by atoms with Crippen LogP contribution in [-0.2, 0) is 11.3 Å². The van der Waals surface area contributed by atoms with Gasteiger partial charge < -0.3 is 10.1 Å². The molecule has 0 amide bonds. The van der Waals surface area contributed by atoms with Crippen LogP contribution in [0.5, 0.6) is 0 Å². The number of carbonyl (C=O) groups excluding carboxylic acids is 1. The van der Waals surface area contributed by atoms with Crippen molar-refractivity contribution in [1.29, 1.82) is 0 Å². The molecule has 0 fully saturated rings. The Hall–Kier alpha value is -1.01. The molecule has 2 aromatic rings. The maximum Gasteiger partial charge on any atom is 0.357 e. The van der Waals surface area contributed by atoms with E-state index in [1.165, 1.54) is 7.11 Å². The zero-order chi connectivity index (χ0) is 16.3. The lowest BCUT2D eigenvalue weighted by Crippen LogP contribution is -2.09. The molecule has 0 aliphatic heterocycles. The molecule has 1 heterocycles. The number of esters is 1. The van der Waals surface area contributed by atoms with Crippen LogP contribution < -0.4 is 5.32 Å². The van der Waals surface area contributed by atoms with Crippen molar-refractivity contribution in [3.8, 4) is 0 Å². The first-order valence-corrected chi connectivity index (χ1v) is 7.98. The first-order valence-electron chi connectivity index (χ1n) is 6.05. The highest BCUT2D eigenvalue weighted by Crippen LogP contribution is 2.31. The molecule has 0 saturated carbocycles. The number of aromatic nitrogens is 1. The summed E-state index contributed by atoms with van der Waals surface area (Å²) < 4.78 is 5.12. The summed E-state index contributed by atoms with van der Waals surface area (Å²) in [6.07, 6.45) is 0. The van der Waals surface area contributed by atoms with E-state index in [-0.39, 0.29) is 10.8 Å². The molecule has 0 radical (unpaired) electrons. The Morgan fingerprint density at radius 1 is 1.32 bits per heavy atom. The van der Waals surface area contributed by atoms with Gasteiger partial charge >= 0.3 is 5.97 Å². The average molecular weight is 425 g/mol. The van der Waals surface area contributed by atoms with E-state index in [2.05, 4.69) is 31.0 Å². The van der Waals surface area contributed by atoms with Crippen LogP contribution in [0.15, 0.2) is 28.7 Å². The molecule has 0 aliphatic carbocycles. The van der Waals surface area contributed by atoms with Crippen molar-refractivity contribution in [3.05, 3.63) is 55.2 Å². The van der Waals surface area contributed by atoms with E-state index in [1.54, 1.807) is 24.3 Å². The van der Waals surface area contributed by atoms with Gasteiger partial charge in [-0.3, -0.25) is 0 Å². The molecule has 0 bridgehead atoms. The highest BCUT2D eigenvalue weighted by atomic mass is 79.9. The van der Waals surface area contributed by atoms with Crippen LogP contribution >= 0.6 is 50.7 Å². The second kappa shape index (κ2) is 7.51. The molecule has 0 atom stereocenters. The molecule has 0 aliphatic rings. The Morgan fingerprint density at radius 3 is 2.55 bits per heavy atom. The number of ether oxygens (including phenoxy) is 1. The molecule has 4 nitrogen and oxygen atoms in total. The van der Waals surface area contributed by atoms with Crippen LogP contribution in [0.4, 0.5) is 5.69 Å². The number of carbonyl (C=O) groups is 1. The summed E-state index contributed by atoms with van der Waals surface area (Å²) in [5.74, 6) is -0.590. The molecule has 1 N–H and O–H groups in total. The predicted octanol–water partition coefficient (Wildman–Crippen LogP) is 5.20. The summed E-state index contributed by atoms with van der Waals surface area (Å²) in [7, 11) is 1.27. The monoisotopic (exact) mass is 422 g/mol. The molecule has 116 valence electrons. The molecule has 0 saturated heterocycles. The van der Waals surface area contributed by atoms with E-state index in [1.807, 2.05) is 0 Å². The minimum Gasteiger partial charge on any atom is -0.464 e. The normalized spacial score (nSPS) is 10.4. The maximum absolute atomic E-state index is 11.7. The molecular weight excluding hydrogens is 414 g/mol. The largest absolute Gasteiger partial charge is 0.464 e. The van der Waals surface area contributed by atoms with Gasteiger partial charge in [0.05, 0.1) is 17.3 Å². The third kappa shape index (κ3) is 3.84. The Kier molecular flexibility index (Phi) is 5.92. The van der Waals surface area contributed by atoms with Crippen LogP contribution in [0.3, 0.4) is 0 Å². The topological polar surface area (TPSA) is 51.2 Å². The van der Waals surface area contributed by atoms with Gasteiger partial charge in [0.25, 0.3) is 0 Å². The lowest BCUT2D eigenvalue weighted by atomic mass is 10.2. The number of nitrogens with zero attached hydrogens (tertiary/aromatic N) is 1. The Balaban J connectivity index is 2.30. The SMILES string of the molecule is COC(=O)c1nc(Cl)cc(NCc2c(Cl)cccc2Cl)c1Br. The van der Waals surface area contributed by atoms with Gasteiger partial charge in [-0.2, -0.15) is 0 Å². The van der Waals surface area contributed by atoms with Gasteiger partial charge in [0, 0.05) is 22.2 Å². The van der Waals surface area contributed by atoms with Crippen LogP contribution in [0, 0.1) is 0 Å². The fourth-order valence-electron chi connectivity index (χ4n) is 1.74. The number of hydrogen-bond acceptors (Lipinski definition) is 4. The summed E-state index contributed by atoms with van der Waals surface area (Å²) in [4.78, 5) is 15.6. The van der Waals surface area contributed by atoms with Gasteiger partial charge in [-0.15, -0.1) is 0 Å². The van der Waals surface area contributed by atoms with Crippen molar-refractivity contribution in [2.75, 3.05) is 12.4 Å². The molecule has 1 aromatic heterocycles. The van der Waals surface area contributed by atoms with Crippen LogP contribution in [0.1, 0.15) is 16.1 Å². The third-order valence-corrected chi connectivity index (χ3v) is 4.53.